The molecular formula is C13H21N3U2. The van der Waals surface area contributed by atoms with E-state index in [2.05, 4.69) is 10.1 Å². The van der Waals surface area contributed by atoms with Gasteiger partial charge in [0.2, 0.25) is 0 Å². The molecule has 0 N–H and O–H groups in total. The second kappa shape index (κ2) is 15.5. The van der Waals surface area contributed by atoms with E-state index in [1.807, 2.05) is 58.9 Å². The van der Waals surface area contributed by atoms with E-state index in [9.17, 15) is 0 Å². The number of aryl methyl sites for hydroxylation is 1. The molecule has 0 atom stereocenters. The fraction of sp³-hybridized carbons (Fsp3) is 0.385. The van der Waals surface area contributed by atoms with Crippen molar-refractivity contribution in [3.63, 3.8) is 0 Å². The fourth-order valence-corrected chi connectivity index (χ4v) is 1.09. The molecule has 2 heterocycles. The Hall–Kier alpha value is 0.464. The first-order chi connectivity index (χ1) is 7.88. The molecule has 2 rings (SSSR count). The summed E-state index contributed by atoms with van der Waals surface area (Å²) in [6.07, 6.45) is 3.53. The van der Waals surface area contributed by atoms with Crippen LogP contribution < -0.4 is 0 Å². The predicted molar refractivity (Wildman–Crippen MR) is 68.8 cm³/mol. The summed E-state index contributed by atoms with van der Waals surface area (Å²) in [5.74, 6) is 0.861. The van der Waals surface area contributed by atoms with Crippen molar-refractivity contribution in [1.82, 2.24) is 14.8 Å². The van der Waals surface area contributed by atoms with Crippen LogP contribution in [0.4, 0.5) is 0 Å². The van der Waals surface area contributed by atoms with Crippen molar-refractivity contribution in [1.29, 1.82) is 0 Å². The third-order valence-corrected chi connectivity index (χ3v) is 1.70. The van der Waals surface area contributed by atoms with Crippen molar-refractivity contribution < 1.29 is 62.2 Å². The summed E-state index contributed by atoms with van der Waals surface area (Å²) >= 11 is 0. The summed E-state index contributed by atoms with van der Waals surface area (Å²) < 4.78 is 1.81. The Morgan fingerprint density at radius 2 is 1.50 bits per heavy atom. The van der Waals surface area contributed by atoms with Crippen molar-refractivity contribution in [3.05, 3.63) is 42.4 Å². The summed E-state index contributed by atoms with van der Waals surface area (Å²) in [6.45, 7) is 10.0. The normalized spacial score (nSPS) is 7.39. The van der Waals surface area contributed by atoms with Gasteiger partial charge in [-0.15, -0.1) is 0 Å². The van der Waals surface area contributed by atoms with Crippen LogP contribution in [0.5, 0.6) is 0 Å². The number of nitrogens with zero attached hydrogens (tertiary/aromatic N) is 3. The molecule has 0 saturated heterocycles. The summed E-state index contributed by atoms with van der Waals surface area (Å²) in [6, 6.07) is 7.72. The minimum Gasteiger partial charge on any atom is -0.237 e. The molecule has 0 amide bonds. The van der Waals surface area contributed by atoms with Crippen molar-refractivity contribution in [3.8, 4) is 5.82 Å². The minimum absolute atomic E-state index is 0. The Morgan fingerprint density at radius 1 is 0.889 bits per heavy atom. The first-order valence-electron chi connectivity index (χ1n) is 5.80. The topological polar surface area (TPSA) is 30.7 Å². The van der Waals surface area contributed by atoms with Crippen LogP contribution in [0.15, 0.2) is 36.7 Å². The van der Waals surface area contributed by atoms with E-state index in [0.717, 1.165) is 11.5 Å². The average Bonchev–Trinajstić information content (AvgIpc) is 2.82. The maximum Gasteiger partial charge on any atom is 0.153 e. The van der Waals surface area contributed by atoms with Gasteiger partial charge in [0, 0.05) is 80.3 Å². The molecule has 0 aliphatic heterocycles. The minimum atomic E-state index is 0. The molecule has 0 aliphatic carbocycles. The van der Waals surface area contributed by atoms with Crippen molar-refractivity contribution in [2.45, 2.75) is 34.6 Å². The van der Waals surface area contributed by atoms with Gasteiger partial charge < -0.3 is 0 Å². The van der Waals surface area contributed by atoms with Gasteiger partial charge in [0.15, 0.2) is 5.82 Å². The smallest absolute Gasteiger partial charge is 0.153 e. The molecule has 0 aromatic carbocycles. The van der Waals surface area contributed by atoms with Gasteiger partial charge in [0.05, 0.1) is 0 Å². The summed E-state index contributed by atoms with van der Waals surface area (Å²) in [5, 5.41) is 4.14. The van der Waals surface area contributed by atoms with Gasteiger partial charge >= 0.3 is 0 Å². The first kappa shape index (κ1) is 23.5. The Kier molecular flexibility index (Phi) is 20.3. The SMILES string of the molecule is CC.CC.Cc1ccnn1-c1ccccn1.[U].[U]. The molecule has 0 fully saturated rings. The van der Waals surface area contributed by atoms with Crippen molar-refractivity contribution in [2.24, 2.45) is 0 Å². The van der Waals surface area contributed by atoms with Gasteiger partial charge in [0.1, 0.15) is 0 Å². The van der Waals surface area contributed by atoms with Gasteiger partial charge in [-0.05, 0) is 25.1 Å². The molecule has 2 aromatic heterocycles. The average molecular weight is 695 g/mol. The zero-order chi connectivity index (χ0) is 12.4. The van der Waals surface area contributed by atoms with E-state index in [1.54, 1.807) is 17.1 Å². The molecule has 5 heteroatoms. The molecule has 0 radical (unpaired) electrons. The number of hydrogen-bond acceptors (Lipinski definition) is 2. The van der Waals surface area contributed by atoms with Gasteiger partial charge in [0.25, 0.3) is 0 Å². The Morgan fingerprint density at radius 3 is 1.89 bits per heavy atom. The van der Waals surface area contributed by atoms with Crippen molar-refractivity contribution in [2.75, 3.05) is 0 Å². The van der Waals surface area contributed by atoms with Crippen LogP contribution in [-0.4, -0.2) is 14.8 Å². The summed E-state index contributed by atoms with van der Waals surface area (Å²) in [4.78, 5) is 4.18. The molecule has 0 spiro atoms. The molecule has 2 aromatic rings. The Labute approximate surface area is 158 Å². The van der Waals surface area contributed by atoms with E-state index >= 15 is 0 Å². The van der Waals surface area contributed by atoms with Crippen LogP contribution in [0.1, 0.15) is 33.4 Å². The first-order valence-corrected chi connectivity index (χ1v) is 5.80. The predicted octanol–water partition coefficient (Wildman–Crippen LogP) is 3.63. The molecule has 18 heavy (non-hydrogen) atoms. The van der Waals surface area contributed by atoms with E-state index in [1.165, 1.54) is 0 Å². The third kappa shape index (κ3) is 7.80. The zero-order valence-electron chi connectivity index (χ0n) is 11.8. The van der Waals surface area contributed by atoms with Crippen LogP contribution in [0.25, 0.3) is 5.82 Å². The van der Waals surface area contributed by atoms with E-state index in [4.69, 9.17) is 0 Å². The number of aromatic nitrogens is 3. The molecule has 0 bridgehead atoms. The molecule has 96 valence electrons. The third-order valence-electron chi connectivity index (χ3n) is 1.70. The van der Waals surface area contributed by atoms with E-state index in [-0.39, 0.29) is 62.2 Å². The monoisotopic (exact) mass is 695 g/mol. The van der Waals surface area contributed by atoms with Crippen LogP contribution in [0.3, 0.4) is 0 Å². The van der Waals surface area contributed by atoms with Gasteiger partial charge in [-0.25, -0.2) is 9.67 Å². The van der Waals surface area contributed by atoms with Gasteiger partial charge in [-0.1, -0.05) is 33.8 Å². The number of pyridine rings is 1. The van der Waals surface area contributed by atoms with E-state index < -0.39 is 0 Å². The van der Waals surface area contributed by atoms with Crippen LogP contribution in [0, 0.1) is 69.2 Å². The van der Waals surface area contributed by atoms with Crippen LogP contribution >= 0.6 is 0 Å². The van der Waals surface area contributed by atoms with Gasteiger partial charge in [-0.2, -0.15) is 5.10 Å². The zero-order valence-corrected chi connectivity index (χ0v) is 20.1. The number of rotatable bonds is 1. The standard InChI is InChI=1S/C9H9N3.2C2H6.2U/c1-8-5-7-11-12(8)9-4-2-3-6-10-9;2*1-2;;/h2-7H,1H3;2*1-2H3;;. The molecule has 3 nitrogen and oxygen atoms in total. The fourth-order valence-electron chi connectivity index (χ4n) is 1.09. The summed E-state index contributed by atoms with van der Waals surface area (Å²) in [7, 11) is 0. The summed E-state index contributed by atoms with van der Waals surface area (Å²) in [5.41, 5.74) is 1.09. The van der Waals surface area contributed by atoms with E-state index in [0.29, 0.717) is 0 Å². The largest absolute Gasteiger partial charge is 0.237 e. The van der Waals surface area contributed by atoms with Crippen LogP contribution in [-0.2, 0) is 0 Å². The van der Waals surface area contributed by atoms with Crippen molar-refractivity contribution >= 4 is 0 Å². The second-order valence-electron chi connectivity index (χ2n) is 2.57. The Balaban J connectivity index is -0.000000344. The Bertz CT molecular complexity index is 375. The van der Waals surface area contributed by atoms with Crippen LogP contribution in [0.2, 0.25) is 0 Å². The molecule has 0 unspecified atom stereocenters. The molecular weight excluding hydrogens is 674 g/mol. The maximum absolute atomic E-state index is 4.18. The second-order valence-corrected chi connectivity index (χ2v) is 2.57. The quantitative estimate of drug-likeness (QED) is 0.457. The number of hydrogen-bond donors (Lipinski definition) is 0. The molecule has 0 aliphatic rings. The molecule has 0 saturated carbocycles. The maximum atomic E-state index is 4.18. The van der Waals surface area contributed by atoms with Gasteiger partial charge in [-0.3, -0.25) is 0 Å².